The molecule has 1 fully saturated rings. The maximum atomic E-state index is 5.47. The highest BCUT2D eigenvalue weighted by atomic mass is 16.5. The van der Waals surface area contributed by atoms with Gasteiger partial charge in [-0.25, -0.2) is 0 Å². The van der Waals surface area contributed by atoms with Crippen LogP contribution in [-0.4, -0.2) is 27.3 Å². The molecule has 1 aromatic carbocycles. The summed E-state index contributed by atoms with van der Waals surface area (Å²) in [6.45, 7) is 4.30. The van der Waals surface area contributed by atoms with E-state index in [-0.39, 0.29) is 0 Å². The van der Waals surface area contributed by atoms with E-state index in [0.717, 1.165) is 24.6 Å². The molecule has 1 saturated carbocycles. The predicted molar refractivity (Wildman–Crippen MR) is 82.9 cm³/mol. The van der Waals surface area contributed by atoms with Crippen LogP contribution < -0.4 is 14.8 Å². The summed E-state index contributed by atoms with van der Waals surface area (Å²) in [6.07, 6.45) is 6.44. The molecule has 112 valence electrons. The Morgan fingerprint density at radius 2 is 1.80 bits per heavy atom. The van der Waals surface area contributed by atoms with E-state index in [1.54, 1.807) is 14.2 Å². The van der Waals surface area contributed by atoms with Crippen molar-refractivity contribution in [3.05, 3.63) is 23.8 Å². The zero-order valence-corrected chi connectivity index (χ0v) is 13.0. The molecule has 0 aliphatic heterocycles. The van der Waals surface area contributed by atoms with Crippen molar-refractivity contribution in [2.45, 2.75) is 44.4 Å². The van der Waals surface area contributed by atoms with Crippen molar-refractivity contribution in [3.63, 3.8) is 0 Å². The van der Waals surface area contributed by atoms with Crippen molar-refractivity contribution >= 4 is 0 Å². The molecule has 0 amide bonds. The largest absolute Gasteiger partial charge is 0.493 e. The van der Waals surface area contributed by atoms with E-state index < -0.39 is 0 Å². The van der Waals surface area contributed by atoms with Crippen LogP contribution in [0.2, 0.25) is 0 Å². The lowest BCUT2D eigenvalue weighted by atomic mass is 9.76. The quantitative estimate of drug-likeness (QED) is 0.774. The SMILES string of the molecule is CCNCCC1(c2ccc(OC)c(OC)c2)CCCC1. The summed E-state index contributed by atoms with van der Waals surface area (Å²) >= 11 is 0. The molecule has 1 aliphatic carbocycles. The molecule has 0 heterocycles. The maximum absolute atomic E-state index is 5.47. The summed E-state index contributed by atoms with van der Waals surface area (Å²) in [7, 11) is 3.40. The molecular formula is C17H27NO2. The molecule has 0 atom stereocenters. The van der Waals surface area contributed by atoms with Crippen LogP contribution in [0.5, 0.6) is 11.5 Å². The molecule has 0 aromatic heterocycles. The molecule has 0 bridgehead atoms. The summed E-state index contributed by atoms with van der Waals surface area (Å²) in [6, 6.07) is 6.44. The molecule has 0 unspecified atom stereocenters. The van der Waals surface area contributed by atoms with Crippen molar-refractivity contribution in [1.82, 2.24) is 5.32 Å². The summed E-state index contributed by atoms with van der Waals surface area (Å²) < 4.78 is 10.8. The molecule has 1 N–H and O–H groups in total. The van der Waals surface area contributed by atoms with E-state index in [1.807, 2.05) is 6.07 Å². The number of ether oxygens (including phenoxy) is 2. The molecule has 3 nitrogen and oxygen atoms in total. The predicted octanol–water partition coefficient (Wildman–Crippen LogP) is 3.52. The number of hydrogen-bond donors (Lipinski definition) is 1. The van der Waals surface area contributed by atoms with Crippen molar-refractivity contribution in [1.29, 1.82) is 0 Å². The topological polar surface area (TPSA) is 30.5 Å². The Kier molecular flexibility index (Phi) is 5.30. The van der Waals surface area contributed by atoms with Gasteiger partial charge in [0.15, 0.2) is 11.5 Å². The molecule has 3 heteroatoms. The van der Waals surface area contributed by atoms with Gasteiger partial charge in [-0.3, -0.25) is 0 Å². The normalized spacial score (nSPS) is 17.1. The van der Waals surface area contributed by atoms with Gasteiger partial charge in [0.25, 0.3) is 0 Å². The number of rotatable bonds is 7. The number of nitrogens with one attached hydrogen (secondary N) is 1. The summed E-state index contributed by atoms with van der Waals surface area (Å²) in [4.78, 5) is 0. The van der Waals surface area contributed by atoms with Crippen molar-refractivity contribution < 1.29 is 9.47 Å². The van der Waals surface area contributed by atoms with Gasteiger partial charge in [-0.2, -0.15) is 0 Å². The average Bonchev–Trinajstić information content (AvgIpc) is 2.97. The first-order valence-corrected chi connectivity index (χ1v) is 7.69. The summed E-state index contributed by atoms with van der Waals surface area (Å²) in [5.41, 5.74) is 1.73. The van der Waals surface area contributed by atoms with Crippen molar-refractivity contribution in [3.8, 4) is 11.5 Å². The van der Waals surface area contributed by atoms with E-state index in [2.05, 4.69) is 24.4 Å². The molecule has 1 aliphatic rings. The monoisotopic (exact) mass is 277 g/mol. The van der Waals surface area contributed by atoms with E-state index in [9.17, 15) is 0 Å². The van der Waals surface area contributed by atoms with E-state index in [1.165, 1.54) is 37.7 Å². The fourth-order valence-electron chi connectivity index (χ4n) is 3.41. The summed E-state index contributed by atoms with van der Waals surface area (Å²) in [5, 5.41) is 3.46. The molecular weight excluding hydrogens is 250 g/mol. The highest BCUT2D eigenvalue weighted by Gasteiger charge is 2.35. The number of hydrogen-bond acceptors (Lipinski definition) is 3. The van der Waals surface area contributed by atoms with Gasteiger partial charge < -0.3 is 14.8 Å². The van der Waals surface area contributed by atoms with Crippen molar-refractivity contribution in [2.75, 3.05) is 27.3 Å². The Balaban J connectivity index is 2.24. The number of benzene rings is 1. The molecule has 0 saturated heterocycles. The van der Waals surface area contributed by atoms with Gasteiger partial charge in [0, 0.05) is 0 Å². The van der Waals surface area contributed by atoms with Crippen LogP contribution in [0.15, 0.2) is 18.2 Å². The fraction of sp³-hybridized carbons (Fsp3) is 0.647. The van der Waals surface area contributed by atoms with E-state index in [0.29, 0.717) is 5.41 Å². The van der Waals surface area contributed by atoms with Crippen LogP contribution in [0.3, 0.4) is 0 Å². The zero-order valence-electron chi connectivity index (χ0n) is 13.0. The zero-order chi connectivity index (χ0) is 14.4. The third-order valence-corrected chi connectivity index (χ3v) is 4.59. The fourth-order valence-corrected chi connectivity index (χ4v) is 3.41. The Morgan fingerprint density at radius 1 is 1.10 bits per heavy atom. The Bertz CT molecular complexity index is 425. The Morgan fingerprint density at radius 3 is 2.40 bits per heavy atom. The molecule has 2 rings (SSSR count). The highest BCUT2D eigenvalue weighted by Crippen LogP contribution is 2.45. The van der Waals surface area contributed by atoms with Crippen LogP contribution in [0.4, 0.5) is 0 Å². The molecule has 0 spiro atoms. The van der Waals surface area contributed by atoms with Gasteiger partial charge in [-0.1, -0.05) is 25.8 Å². The van der Waals surface area contributed by atoms with Crippen LogP contribution in [0.1, 0.15) is 44.6 Å². The minimum Gasteiger partial charge on any atom is -0.493 e. The first-order chi connectivity index (χ1) is 9.75. The lowest BCUT2D eigenvalue weighted by molar-refractivity contribution is 0.349. The second-order valence-corrected chi connectivity index (χ2v) is 5.66. The van der Waals surface area contributed by atoms with Crippen LogP contribution in [0.25, 0.3) is 0 Å². The third kappa shape index (κ3) is 3.09. The second kappa shape index (κ2) is 6.98. The first kappa shape index (κ1) is 15.2. The van der Waals surface area contributed by atoms with Gasteiger partial charge in [-0.15, -0.1) is 0 Å². The molecule has 1 aromatic rings. The minimum absolute atomic E-state index is 0.321. The van der Waals surface area contributed by atoms with Gasteiger partial charge in [0.2, 0.25) is 0 Å². The standard InChI is InChI=1S/C17H27NO2/c1-4-18-12-11-17(9-5-6-10-17)14-7-8-15(19-2)16(13-14)20-3/h7-8,13,18H,4-6,9-12H2,1-3H3. The highest BCUT2D eigenvalue weighted by molar-refractivity contribution is 5.45. The summed E-state index contributed by atoms with van der Waals surface area (Å²) in [5.74, 6) is 1.66. The molecule has 0 radical (unpaired) electrons. The average molecular weight is 277 g/mol. The minimum atomic E-state index is 0.321. The Labute approximate surface area is 122 Å². The number of methoxy groups -OCH3 is 2. The maximum Gasteiger partial charge on any atom is 0.161 e. The Hall–Kier alpha value is -1.22. The second-order valence-electron chi connectivity index (χ2n) is 5.66. The van der Waals surface area contributed by atoms with E-state index >= 15 is 0 Å². The van der Waals surface area contributed by atoms with Gasteiger partial charge in [-0.05, 0) is 55.5 Å². The van der Waals surface area contributed by atoms with Crippen LogP contribution in [-0.2, 0) is 5.41 Å². The van der Waals surface area contributed by atoms with Gasteiger partial charge in [0.1, 0.15) is 0 Å². The van der Waals surface area contributed by atoms with Crippen LogP contribution in [0, 0.1) is 0 Å². The van der Waals surface area contributed by atoms with E-state index in [4.69, 9.17) is 9.47 Å². The van der Waals surface area contributed by atoms with Gasteiger partial charge >= 0.3 is 0 Å². The molecule has 20 heavy (non-hydrogen) atoms. The lowest BCUT2D eigenvalue weighted by Gasteiger charge is -2.30. The lowest BCUT2D eigenvalue weighted by Crippen LogP contribution is -2.28. The van der Waals surface area contributed by atoms with Crippen LogP contribution >= 0.6 is 0 Å². The first-order valence-electron chi connectivity index (χ1n) is 7.69. The smallest absolute Gasteiger partial charge is 0.161 e. The third-order valence-electron chi connectivity index (χ3n) is 4.59. The van der Waals surface area contributed by atoms with Crippen molar-refractivity contribution in [2.24, 2.45) is 0 Å². The van der Waals surface area contributed by atoms with Gasteiger partial charge in [0.05, 0.1) is 14.2 Å².